The van der Waals surface area contributed by atoms with Gasteiger partial charge in [-0.2, -0.15) is 0 Å². The predicted molar refractivity (Wildman–Crippen MR) is 75.0 cm³/mol. The summed E-state index contributed by atoms with van der Waals surface area (Å²) in [6.45, 7) is 0.961. The van der Waals surface area contributed by atoms with Crippen molar-refractivity contribution in [2.24, 2.45) is 0 Å². The molecular formula is C13H16ClN3O3. The Morgan fingerprint density at radius 1 is 1.10 bits per heavy atom. The SMILES string of the molecule is O=CNCCCNC(=O)C(=O)NCc1ccccc1Cl. The summed E-state index contributed by atoms with van der Waals surface area (Å²) in [5.74, 6) is -1.42. The van der Waals surface area contributed by atoms with E-state index in [0.29, 0.717) is 30.9 Å². The van der Waals surface area contributed by atoms with Gasteiger partial charge in [-0.15, -0.1) is 0 Å². The lowest BCUT2D eigenvalue weighted by molar-refractivity contribution is -0.139. The summed E-state index contributed by atoms with van der Waals surface area (Å²) in [5, 5.41) is 7.93. The number of hydrogen-bond acceptors (Lipinski definition) is 3. The van der Waals surface area contributed by atoms with Crippen LogP contribution < -0.4 is 16.0 Å². The number of amides is 3. The third kappa shape index (κ3) is 5.71. The molecule has 1 rings (SSSR count). The van der Waals surface area contributed by atoms with E-state index in [1.807, 2.05) is 0 Å². The highest BCUT2D eigenvalue weighted by Crippen LogP contribution is 2.13. The molecule has 0 saturated heterocycles. The molecule has 0 spiro atoms. The largest absolute Gasteiger partial charge is 0.359 e. The Labute approximate surface area is 121 Å². The molecule has 7 heteroatoms. The monoisotopic (exact) mass is 297 g/mol. The van der Waals surface area contributed by atoms with Gasteiger partial charge in [0.05, 0.1) is 0 Å². The molecule has 0 saturated carbocycles. The lowest BCUT2D eigenvalue weighted by Gasteiger charge is -2.07. The van der Waals surface area contributed by atoms with Gasteiger partial charge in [0.1, 0.15) is 0 Å². The quantitative estimate of drug-likeness (QED) is 0.382. The second-order valence-corrected chi connectivity index (χ2v) is 4.36. The number of carbonyl (C=O) groups excluding carboxylic acids is 3. The maximum atomic E-state index is 11.5. The molecular weight excluding hydrogens is 282 g/mol. The van der Waals surface area contributed by atoms with Crippen molar-refractivity contribution in [3.63, 3.8) is 0 Å². The van der Waals surface area contributed by atoms with Crippen molar-refractivity contribution in [1.29, 1.82) is 0 Å². The first-order chi connectivity index (χ1) is 9.65. The summed E-state index contributed by atoms with van der Waals surface area (Å²) in [6.07, 6.45) is 1.14. The molecule has 0 bridgehead atoms. The van der Waals surface area contributed by atoms with Crippen molar-refractivity contribution in [3.8, 4) is 0 Å². The van der Waals surface area contributed by atoms with E-state index in [-0.39, 0.29) is 6.54 Å². The van der Waals surface area contributed by atoms with Crippen molar-refractivity contribution in [2.45, 2.75) is 13.0 Å². The van der Waals surface area contributed by atoms with Crippen LogP contribution in [-0.4, -0.2) is 31.3 Å². The van der Waals surface area contributed by atoms with Crippen LogP contribution in [0.4, 0.5) is 0 Å². The van der Waals surface area contributed by atoms with Gasteiger partial charge in [0.15, 0.2) is 0 Å². The summed E-state index contributed by atoms with van der Waals surface area (Å²) in [5.41, 5.74) is 0.741. The molecule has 0 heterocycles. The number of carbonyl (C=O) groups is 3. The van der Waals surface area contributed by atoms with Gasteiger partial charge in [-0.05, 0) is 18.1 Å². The summed E-state index contributed by atoms with van der Waals surface area (Å²) >= 11 is 5.93. The molecule has 0 aliphatic heterocycles. The average Bonchev–Trinajstić information content (AvgIpc) is 2.45. The minimum absolute atomic E-state index is 0.193. The van der Waals surface area contributed by atoms with Crippen molar-refractivity contribution < 1.29 is 14.4 Å². The van der Waals surface area contributed by atoms with Gasteiger partial charge < -0.3 is 16.0 Å². The second-order valence-electron chi connectivity index (χ2n) is 3.96. The fourth-order valence-electron chi connectivity index (χ4n) is 1.43. The molecule has 1 aromatic rings. The average molecular weight is 298 g/mol. The standard InChI is InChI=1S/C13H16ClN3O3/c14-11-5-2-1-4-10(11)8-17-13(20)12(19)16-7-3-6-15-9-18/h1-2,4-5,9H,3,6-8H2,(H,15,18)(H,16,19)(H,17,20). The molecule has 20 heavy (non-hydrogen) atoms. The van der Waals surface area contributed by atoms with Crippen LogP contribution in [0.25, 0.3) is 0 Å². The Hall–Kier alpha value is -2.08. The van der Waals surface area contributed by atoms with E-state index in [0.717, 1.165) is 5.56 Å². The van der Waals surface area contributed by atoms with E-state index in [1.54, 1.807) is 24.3 Å². The third-order valence-corrected chi connectivity index (χ3v) is 2.84. The lowest BCUT2D eigenvalue weighted by atomic mass is 10.2. The Morgan fingerprint density at radius 3 is 2.50 bits per heavy atom. The van der Waals surface area contributed by atoms with Gasteiger partial charge in [0.25, 0.3) is 0 Å². The number of hydrogen-bond donors (Lipinski definition) is 3. The zero-order valence-corrected chi connectivity index (χ0v) is 11.6. The first-order valence-electron chi connectivity index (χ1n) is 6.11. The predicted octanol–water partition coefficient (Wildman–Crippen LogP) is 0.208. The number of halogens is 1. The van der Waals surface area contributed by atoms with Gasteiger partial charge in [-0.25, -0.2) is 0 Å². The first-order valence-corrected chi connectivity index (χ1v) is 6.49. The van der Waals surface area contributed by atoms with E-state index < -0.39 is 11.8 Å². The van der Waals surface area contributed by atoms with Gasteiger partial charge in [0.2, 0.25) is 6.41 Å². The van der Waals surface area contributed by atoms with E-state index in [4.69, 9.17) is 11.6 Å². The fourth-order valence-corrected chi connectivity index (χ4v) is 1.63. The number of rotatable bonds is 7. The van der Waals surface area contributed by atoms with Gasteiger partial charge >= 0.3 is 11.8 Å². The zero-order valence-electron chi connectivity index (χ0n) is 10.8. The minimum Gasteiger partial charge on any atom is -0.359 e. The maximum absolute atomic E-state index is 11.5. The summed E-state index contributed by atoms with van der Waals surface area (Å²) < 4.78 is 0. The third-order valence-electron chi connectivity index (χ3n) is 2.47. The highest BCUT2D eigenvalue weighted by atomic mass is 35.5. The summed E-state index contributed by atoms with van der Waals surface area (Å²) in [7, 11) is 0. The van der Waals surface area contributed by atoms with Crippen LogP contribution in [-0.2, 0) is 20.9 Å². The molecule has 0 unspecified atom stereocenters. The number of nitrogens with one attached hydrogen (secondary N) is 3. The van der Waals surface area contributed by atoms with Crippen LogP contribution in [0.5, 0.6) is 0 Å². The smallest absolute Gasteiger partial charge is 0.309 e. The Morgan fingerprint density at radius 2 is 1.80 bits per heavy atom. The topological polar surface area (TPSA) is 87.3 Å². The Kier molecular flexibility index (Phi) is 7.13. The van der Waals surface area contributed by atoms with Crippen LogP contribution in [0.2, 0.25) is 5.02 Å². The summed E-state index contributed by atoms with van der Waals surface area (Å²) in [6, 6.07) is 7.07. The normalized spacial score (nSPS) is 9.65. The van der Waals surface area contributed by atoms with Crippen molar-refractivity contribution in [3.05, 3.63) is 34.9 Å². The van der Waals surface area contributed by atoms with Crippen molar-refractivity contribution >= 4 is 29.8 Å². The van der Waals surface area contributed by atoms with Crippen molar-refractivity contribution in [2.75, 3.05) is 13.1 Å². The fraction of sp³-hybridized carbons (Fsp3) is 0.308. The summed E-state index contributed by atoms with van der Waals surface area (Å²) in [4.78, 5) is 32.9. The second kappa shape index (κ2) is 8.92. The highest BCUT2D eigenvalue weighted by molar-refractivity contribution is 6.35. The molecule has 0 fully saturated rings. The van der Waals surface area contributed by atoms with Crippen LogP contribution >= 0.6 is 11.6 Å². The van der Waals surface area contributed by atoms with E-state index in [9.17, 15) is 14.4 Å². The molecule has 0 atom stereocenters. The van der Waals surface area contributed by atoms with Crippen LogP contribution in [0.15, 0.2) is 24.3 Å². The lowest BCUT2D eigenvalue weighted by Crippen LogP contribution is -2.40. The van der Waals surface area contributed by atoms with Crippen LogP contribution in [0.1, 0.15) is 12.0 Å². The van der Waals surface area contributed by atoms with Crippen LogP contribution in [0.3, 0.4) is 0 Å². The highest BCUT2D eigenvalue weighted by Gasteiger charge is 2.12. The first kappa shape index (κ1) is 16.0. The van der Waals surface area contributed by atoms with Gasteiger partial charge in [-0.3, -0.25) is 14.4 Å². The molecule has 0 radical (unpaired) electrons. The molecule has 3 N–H and O–H groups in total. The van der Waals surface area contributed by atoms with E-state index >= 15 is 0 Å². The molecule has 108 valence electrons. The maximum Gasteiger partial charge on any atom is 0.309 e. The molecule has 3 amide bonds. The van der Waals surface area contributed by atoms with E-state index in [2.05, 4.69) is 16.0 Å². The molecule has 6 nitrogen and oxygen atoms in total. The molecule has 0 aliphatic rings. The molecule has 0 aliphatic carbocycles. The van der Waals surface area contributed by atoms with E-state index in [1.165, 1.54) is 0 Å². The number of benzene rings is 1. The Bertz CT molecular complexity index is 480. The zero-order chi connectivity index (χ0) is 14.8. The van der Waals surface area contributed by atoms with Crippen molar-refractivity contribution in [1.82, 2.24) is 16.0 Å². The van der Waals surface area contributed by atoms with Gasteiger partial charge in [0, 0.05) is 24.7 Å². The van der Waals surface area contributed by atoms with Gasteiger partial charge in [-0.1, -0.05) is 29.8 Å². The molecule has 1 aromatic carbocycles. The van der Waals surface area contributed by atoms with Crippen LogP contribution in [0, 0.1) is 0 Å². The minimum atomic E-state index is -0.715. The molecule has 0 aromatic heterocycles. The Balaban J connectivity index is 2.26.